The van der Waals surface area contributed by atoms with E-state index in [0.717, 1.165) is 5.82 Å². The van der Waals surface area contributed by atoms with Gasteiger partial charge in [0.05, 0.1) is 0 Å². The van der Waals surface area contributed by atoms with Crippen LogP contribution in [0, 0.1) is 12.3 Å². The zero-order valence-electron chi connectivity index (χ0n) is 10.1. The van der Waals surface area contributed by atoms with Crippen molar-refractivity contribution in [2.45, 2.75) is 40.7 Å². The van der Waals surface area contributed by atoms with E-state index >= 15 is 0 Å². The Morgan fingerprint density at radius 2 is 1.93 bits per heavy atom. The van der Waals surface area contributed by atoms with Gasteiger partial charge in [0.25, 0.3) is 0 Å². The van der Waals surface area contributed by atoms with Gasteiger partial charge in [0, 0.05) is 12.1 Å². The number of nitrogens with zero attached hydrogens (tertiary/aromatic N) is 2. The van der Waals surface area contributed by atoms with Gasteiger partial charge in [-0.2, -0.15) is 0 Å². The molecule has 1 unspecified atom stereocenters. The molecule has 0 radical (unpaired) electrons. The van der Waals surface area contributed by atoms with Crippen LogP contribution >= 0.6 is 0 Å². The van der Waals surface area contributed by atoms with Gasteiger partial charge in [-0.15, -0.1) is 0 Å². The largest absolute Gasteiger partial charge is 0.384 e. The summed E-state index contributed by atoms with van der Waals surface area (Å²) in [6.45, 7) is 10.5. The molecule has 1 aromatic rings. The molecule has 4 nitrogen and oxygen atoms in total. The van der Waals surface area contributed by atoms with E-state index in [1.807, 2.05) is 6.92 Å². The van der Waals surface area contributed by atoms with Gasteiger partial charge in [0.15, 0.2) is 0 Å². The Hall–Kier alpha value is -1.32. The second-order valence-electron chi connectivity index (χ2n) is 4.96. The Kier molecular flexibility index (Phi) is 3.17. The Morgan fingerprint density at radius 1 is 1.33 bits per heavy atom. The van der Waals surface area contributed by atoms with Crippen LogP contribution in [-0.2, 0) is 0 Å². The zero-order valence-corrected chi connectivity index (χ0v) is 10.1. The fourth-order valence-corrected chi connectivity index (χ4v) is 1.10. The Labute approximate surface area is 91.3 Å². The van der Waals surface area contributed by atoms with Crippen molar-refractivity contribution in [2.75, 3.05) is 11.1 Å². The maximum Gasteiger partial charge on any atom is 0.132 e. The Bertz CT molecular complexity index is 321. The molecule has 0 fully saturated rings. The molecule has 0 bridgehead atoms. The predicted molar refractivity (Wildman–Crippen MR) is 63.7 cm³/mol. The summed E-state index contributed by atoms with van der Waals surface area (Å²) < 4.78 is 0. The van der Waals surface area contributed by atoms with E-state index in [-0.39, 0.29) is 5.41 Å². The van der Waals surface area contributed by atoms with Crippen molar-refractivity contribution in [1.29, 1.82) is 0 Å². The van der Waals surface area contributed by atoms with E-state index in [1.54, 1.807) is 6.07 Å². The summed E-state index contributed by atoms with van der Waals surface area (Å²) in [4.78, 5) is 8.32. The van der Waals surface area contributed by atoms with Gasteiger partial charge in [-0.05, 0) is 19.3 Å². The third-order valence-electron chi connectivity index (χ3n) is 2.52. The number of rotatable bonds is 2. The maximum absolute atomic E-state index is 5.65. The lowest BCUT2D eigenvalue weighted by Gasteiger charge is -2.28. The minimum Gasteiger partial charge on any atom is -0.384 e. The van der Waals surface area contributed by atoms with Gasteiger partial charge in [-0.1, -0.05) is 20.8 Å². The summed E-state index contributed by atoms with van der Waals surface area (Å²) in [7, 11) is 0. The van der Waals surface area contributed by atoms with Crippen LogP contribution in [0.5, 0.6) is 0 Å². The van der Waals surface area contributed by atoms with E-state index in [1.165, 1.54) is 0 Å². The number of nitrogen functional groups attached to an aromatic ring is 1. The molecule has 15 heavy (non-hydrogen) atoms. The van der Waals surface area contributed by atoms with Crippen molar-refractivity contribution in [1.82, 2.24) is 9.97 Å². The van der Waals surface area contributed by atoms with E-state index in [2.05, 4.69) is 43.0 Å². The number of anilines is 2. The van der Waals surface area contributed by atoms with Crippen LogP contribution in [0.4, 0.5) is 11.6 Å². The average molecular weight is 208 g/mol. The fourth-order valence-electron chi connectivity index (χ4n) is 1.10. The van der Waals surface area contributed by atoms with Crippen molar-refractivity contribution in [2.24, 2.45) is 5.41 Å². The highest BCUT2D eigenvalue weighted by atomic mass is 15.1. The minimum absolute atomic E-state index is 0.188. The first-order valence-electron chi connectivity index (χ1n) is 5.17. The molecule has 0 aromatic carbocycles. The first-order chi connectivity index (χ1) is 6.79. The molecule has 0 aliphatic rings. The van der Waals surface area contributed by atoms with Gasteiger partial charge >= 0.3 is 0 Å². The number of aromatic nitrogens is 2. The maximum atomic E-state index is 5.65. The molecule has 0 aliphatic carbocycles. The quantitative estimate of drug-likeness (QED) is 0.782. The third-order valence-corrected chi connectivity index (χ3v) is 2.52. The Morgan fingerprint density at radius 3 is 2.40 bits per heavy atom. The van der Waals surface area contributed by atoms with Crippen molar-refractivity contribution < 1.29 is 0 Å². The fraction of sp³-hybridized carbons (Fsp3) is 0.636. The topological polar surface area (TPSA) is 63.8 Å². The molecule has 84 valence electrons. The molecule has 1 aromatic heterocycles. The normalized spacial score (nSPS) is 13.7. The second kappa shape index (κ2) is 4.04. The van der Waals surface area contributed by atoms with Crippen molar-refractivity contribution in [3.8, 4) is 0 Å². The summed E-state index contributed by atoms with van der Waals surface area (Å²) >= 11 is 0. The lowest BCUT2D eigenvalue weighted by Crippen LogP contribution is -2.31. The zero-order chi connectivity index (χ0) is 11.6. The molecule has 1 heterocycles. The van der Waals surface area contributed by atoms with E-state index in [0.29, 0.717) is 17.7 Å². The van der Waals surface area contributed by atoms with Crippen LogP contribution in [0.15, 0.2) is 6.07 Å². The number of nitrogens with two attached hydrogens (primary N) is 1. The van der Waals surface area contributed by atoms with Gasteiger partial charge in [-0.25, -0.2) is 9.97 Å². The lowest BCUT2D eigenvalue weighted by atomic mass is 9.88. The molecule has 0 saturated heterocycles. The number of hydrogen-bond donors (Lipinski definition) is 2. The highest BCUT2D eigenvalue weighted by Crippen LogP contribution is 2.22. The van der Waals surface area contributed by atoms with E-state index < -0.39 is 0 Å². The van der Waals surface area contributed by atoms with Gasteiger partial charge in [0.2, 0.25) is 0 Å². The molecule has 4 heteroatoms. The summed E-state index contributed by atoms with van der Waals surface area (Å²) in [5.41, 5.74) is 5.84. The molecule has 3 N–H and O–H groups in total. The average Bonchev–Trinajstić information content (AvgIpc) is 1.99. The monoisotopic (exact) mass is 208 g/mol. The smallest absolute Gasteiger partial charge is 0.132 e. The summed E-state index contributed by atoms with van der Waals surface area (Å²) in [6, 6.07) is 2.08. The van der Waals surface area contributed by atoms with Gasteiger partial charge in [-0.3, -0.25) is 0 Å². The van der Waals surface area contributed by atoms with Crippen molar-refractivity contribution >= 4 is 11.6 Å². The third kappa shape index (κ3) is 3.38. The van der Waals surface area contributed by atoms with Crippen molar-refractivity contribution in [3.63, 3.8) is 0 Å². The number of aryl methyl sites for hydroxylation is 1. The summed E-state index contributed by atoms with van der Waals surface area (Å²) in [6.07, 6.45) is 0. The van der Waals surface area contributed by atoms with Crippen LogP contribution in [0.2, 0.25) is 0 Å². The first kappa shape index (κ1) is 11.8. The predicted octanol–water partition coefficient (Wildman–Crippen LogP) is 2.21. The molecule has 0 amide bonds. The summed E-state index contributed by atoms with van der Waals surface area (Å²) in [5, 5.41) is 3.33. The van der Waals surface area contributed by atoms with Crippen LogP contribution in [-0.4, -0.2) is 16.0 Å². The number of hydrogen-bond acceptors (Lipinski definition) is 4. The van der Waals surface area contributed by atoms with Crippen LogP contribution in [0.3, 0.4) is 0 Å². The van der Waals surface area contributed by atoms with Crippen LogP contribution < -0.4 is 11.1 Å². The molecule has 0 spiro atoms. The molecule has 0 saturated carbocycles. The molecule has 1 rings (SSSR count). The van der Waals surface area contributed by atoms with Gasteiger partial charge < -0.3 is 11.1 Å². The van der Waals surface area contributed by atoms with Crippen LogP contribution in [0.25, 0.3) is 0 Å². The SMILES string of the molecule is Cc1nc(N)cc(NC(C)C(C)(C)C)n1. The second-order valence-corrected chi connectivity index (χ2v) is 4.96. The van der Waals surface area contributed by atoms with E-state index in [4.69, 9.17) is 5.73 Å². The summed E-state index contributed by atoms with van der Waals surface area (Å²) in [5.74, 6) is 1.99. The molecular formula is C11H20N4. The molecular weight excluding hydrogens is 188 g/mol. The minimum atomic E-state index is 0.188. The molecule has 0 aliphatic heterocycles. The number of nitrogens with one attached hydrogen (secondary N) is 1. The first-order valence-corrected chi connectivity index (χ1v) is 5.17. The van der Waals surface area contributed by atoms with Gasteiger partial charge in [0.1, 0.15) is 17.5 Å². The van der Waals surface area contributed by atoms with Crippen LogP contribution in [0.1, 0.15) is 33.5 Å². The highest BCUT2D eigenvalue weighted by Gasteiger charge is 2.20. The Balaban J connectivity index is 2.81. The van der Waals surface area contributed by atoms with E-state index in [9.17, 15) is 0 Å². The lowest BCUT2D eigenvalue weighted by molar-refractivity contribution is 0.358. The highest BCUT2D eigenvalue weighted by molar-refractivity contribution is 5.45. The standard InChI is InChI=1S/C11H20N4/c1-7(11(3,4)5)13-10-6-9(12)14-8(2)15-10/h6-7H,1-5H3,(H3,12,13,14,15). The van der Waals surface area contributed by atoms with Crippen molar-refractivity contribution in [3.05, 3.63) is 11.9 Å². The molecule has 1 atom stereocenters.